The van der Waals surface area contributed by atoms with Crippen LogP contribution >= 0.6 is 0 Å². The average Bonchev–Trinajstić information content (AvgIpc) is 3.12. The largest absolute Gasteiger partial charge is 0.481 e. The van der Waals surface area contributed by atoms with Crippen molar-refractivity contribution >= 4 is 11.8 Å². The summed E-state index contributed by atoms with van der Waals surface area (Å²) < 4.78 is 23.6. The first-order valence-corrected chi connectivity index (χ1v) is 20.7. The molecule has 13 nitrogen and oxygen atoms in total. The Morgan fingerprint density at radius 2 is 1.44 bits per heavy atom. The molecule has 0 aromatic rings. The van der Waals surface area contributed by atoms with E-state index < -0.39 is 97.2 Å². The molecular formula is C42H66O13. The number of allylic oxidation sites excluding steroid dienone is 2. The maximum atomic E-state index is 14.0. The zero-order chi connectivity index (χ0) is 40.3. The van der Waals surface area contributed by atoms with Crippen LogP contribution in [0.25, 0.3) is 0 Å². The number of aliphatic hydroxyl groups is 6. The van der Waals surface area contributed by atoms with Gasteiger partial charge >= 0.3 is 5.97 Å². The molecule has 2 saturated heterocycles. The van der Waals surface area contributed by atoms with E-state index in [1.165, 1.54) is 5.57 Å². The second-order valence-electron chi connectivity index (χ2n) is 20.5. The molecule has 0 spiro atoms. The van der Waals surface area contributed by atoms with E-state index in [-0.39, 0.29) is 33.5 Å². The number of carbonyl (C=O) groups excluding carboxylic acids is 1. The van der Waals surface area contributed by atoms with Crippen LogP contribution in [0.4, 0.5) is 0 Å². The Balaban J connectivity index is 1.12. The van der Waals surface area contributed by atoms with Gasteiger partial charge in [-0.05, 0) is 109 Å². The van der Waals surface area contributed by atoms with Crippen LogP contribution < -0.4 is 0 Å². The molecule has 2 heterocycles. The molecule has 7 N–H and O–H groups in total. The van der Waals surface area contributed by atoms with Gasteiger partial charge in [0.05, 0.1) is 24.7 Å². The number of ketones is 1. The lowest BCUT2D eigenvalue weighted by atomic mass is 9.33. The first-order chi connectivity index (χ1) is 25.6. The number of aliphatic carboxylic acids is 1. The minimum Gasteiger partial charge on any atom is -0.481 e. The zero-order valence-electron chi connectivity index (χ0n) is 33.6. The smallest absolute Gasteiger partial charge is 0.310 e. The number of ether oxygens (including phenoxy) is 4. The normalized spacial score (nSPS) is 51.8. The molecule has 55 heavy (non-hydrogen) atoms. The third-order valence-electron chi connectivity index (χ3n) is 17.1. The van der Waals surface area contributed by atoms with Crippen molar-refractivity contribution in [3.8, 4) is 0 Å². The van der Waals surface area contributed by atoms with Gasteiger partial charge in [-0.1, -0.05) is 60.1 Å². The Bertz CT molecular complexity index is 1530. The molecule has 13 heteroatoms. The van der Waals surface area contributed by atoms with Crippen molar-refractivity contribution < 1.29 is 64.3 Å². The second kappa shape index (κ2) is 14.1. The molecule has 17 unspecified atom stereocenters. The number of carboxylic acid groups (broad SMARTS) is 1. The van der Waals surface area contributed by atoms with E-state index in [9.17, 15) is 45.3 Å². The predicted molar refractivity (Wildman–Crippen MR) is 197 cm³/mol. The summed E-state index contributed by atoms with van der Waals surface area (Å²) >= 11 is 0. The fraction of sp³-hybridized carbons (Fsp3) is 0.905. The SMILES string of the molecule is CC1(C)CCC2(C(=O)O)CCC3(C)C(=CCC4C5(C)CCC(OC6OC(CO)C(O)C(OC7OC(CO)C(O)C(O)C7O)C6=O)C(C)(C)C5CCC43C)C2C1. The average molecular weight is 779 g/mol. The summed E-state index contributed by atoms with van der Waals surface area (Å²) in [5.41, 5.74) is 0.171. The topological polar surface area (TPSA) is 213 Å². The van der Waals surface area contributed by atoms with E-state index in [1.54, 1.807) is 0 Å². The summed E-state index contributed by atoms with van der Waals surface area (Å²) in [6.45, 7) is 14.9. The van der Waals surface area contributed by atoms with Crippen molar-refractivity contribution in [1.29, 1.82) is 0 Å². The quantitative estimate of drug-likeness (QED) is 0.147. The first-order valence-electron chi connectivity index (χ1n) is 20.7. The number of hydrogen-bond acceptors (Lipinski definition) is 12. The zero-order valence-corrected chi connectivity index (χ0v) is 33.6. The third-order valence-corrected chi connectivity index (χ3v) is 17.1. The predicted octanol–water partition coefficient (Wildman–Crippen LogP) is 3.09. The van der Waals surface area contributed by atoms with Gasteiger partial charge in [0.1, 0.15) is 36.6 Å². The van der Waals surface area contributed by atoms with Crippen molar-refractivity contribution in [2.45, 2.75) is 174 Å². The van der Waals surface area contributed by atoms with Crippen LogP contribution in [0.1, 0.15) is 113 Å². The minimum atomic E-state index is -1.80. The van der Waals surface area contributed by atoms with Crippen molar-refractivity contribution in [2.75, 3.05) is 13.2 Å². The fourth-order valence-electron chi connectivity index (χ4n) is 13.5. The molecule has 312 valence electrons. The number of hydrogen-bond donors (Lipinski definition) is 7. The van der Waals surface area contributed by atoms with Crippen LogP contribution in [0.15, 0.2) is 11.6 Å². The standard InChI is InChI=1S/C42H66O13/c1-37(2)14-16-42(36(50)51)17-15-40(6)21(22(42)18-37)8-9-26-39(5)12-11-27(38(3,4)25(39)10-13-41(26,40)7)54-35-32(49)33(29(46)24(20-44)53-35)55-34-31(48)30(47)28(45)23(19-43)52-34/h8,22-31,33-35,43-48H,9-20H2,1-7H3,(H,50,51). The van der Waals surface area contributed by atoms with Crippen molar-refractivity contribution in [2.24, 2.45) is 50.2 Å². The van der Waals surface area contributed by atoms with Gasteiger partial charge < -0.3 is 54.7 Å². The first kappa shape index (κ1) is 41.6. The van der Waals surface area contributed by atoms with Gasteiger partial charge in [-0.25, -0.2) is 0 Å². The molecule has 5 aliphatic carbocycles. The highest BCUT2D eigenvalue weighted by molar-refractivity contribution is 5.87. The molecule has 7 rings (SSSR count). The Morgan fingerprint density at radius 3 is 2.09 bits per heavy atom. The highest BCUT2D eigenvalue weighted by Crippen LogP contribution is 2.76. The number of fused-ring (bicyclic) bond motifs is 7. The summed E-state index contributed by atoms with van der Waals surface area (Å²) in [6.07, 6.45) is -3.73. The molecule has 0 bridgehead atoms. The molecule has 2 aliphatic heterocycles. The third kappa shape index (κ3) is 6.15. The molecule has 0 aromatic carbocycles. The number of carbonyl (C=O) groups is 2. The summed E-state index contributed by atoms with van der Waals surface area (Å²) in [5.74, 6) is -0.776. The van der Waals surface area contributed by atoms with E-state index in [4.69, 9.17) is 18.9 Å². The van der Waals surface area contributed by atoms with Gasteiger partial charge in [-0.2, -0.15) is 0 Å². The van der Waals surface area contributed by atoms with Crippen LogP contribution in [-0.4, -0.2) is 122 Å². The van der Waals surface area contributed by atoms with Crippen LogP contribution in [0, 0.1) is 50.2 Å². The number of rotatable bonds is 7. The van der Waals surface area contributed by atoms with E-state index in [0.29, 0.717) is 18.8 Å². The van der Waals surface area contributed by atoms with E-state index in [2.05, 4.69) is 54.5 Å². The molecule has 6 fully saturated rings. The number of Topliss-reactive ketones (excluding diaryl/α,β-unsaturated/α-hetero) is 1. The van der Waals surface area contributed by atoms with E-state index in [1.807, 2.05) is 0 Å². The Kier molecular flexibility index (Phi) is 10.6. The van der Waals surface area contributed by atoms with Gasteiger partial charge in [-0.3, -0.25) is 9.59 Å². The molecule has 4 saturated carbocycles. The van der Waals surface area contributed by atoms with E-state index >= 15 is 0 Å². The highest BCUT2D eigenvalue weighted by atomic mass is 16.7. The lowest BCUT2D eigenvalue weighted by molar-refractivity contribution is -0.330. The Labute approximate surface area is 324 Å². The van der Waals surface area contributed by atoms with Crippen LogP contribution in [0.2, 0.25) is 0 Å². The maximum Gasteiger partial charge on any atom is 0.310 e. The summed E-state index contributed by atoms with van der Waals surface area (Å²) in [4.78, 5) is 27.0. The lowest BCUT2D eigenvalue weighted by Gasteiger charge is -2.71. The summed E-state index contributed by atoms with van der Waals surface area (Å²) in [7, 11) is 0. The second-order valence-corrected chi connectivity index (χ2v) is 20.5. The van der Waals surface area contributed by atoms with Crippen LogP contribution in [-0.2, 0) is 28.5 Å². The molecular weight excluding hydrogens is 712 g/mol. The van der Waals surface area contributed by atoms with Gasteiger partial charge in [-0.15, -0.1) is 0 Å². The van der Waals surface area contributed by atoms with E-state index in [0.717, 1.165) is 51.4 Å². The Hall–Kier alpha value is -1.52. The monoisotopic (exact) mass is 778 g/mol. The lowest BCUT2D eigenvalue weighted by Crippen LogP contribution is -2.66. The summed E-state index contributed by atoms with van der Waals surface area (Å²) in [5, 5.41) is 72.6. The molecule has 0 aromatic heterocycles. The highest BCUT2D eigenvalue weighted by Gasteiger charge is 2.69. The van der Waals surface area contributed by atoms with Crippen molar-refractivity contribution in [3.05, 3.63) is 11.6 Å². The summed E-state index contributed by atoms with van der Waals surface area (Å²) in [6, 6.07) is 0. The number of carboxylic acids is 1. The van der Waals surface area contributed by atoms with Gasteiger partial charge in [0.25, 0.3) is 0 Å². The molecule has 17 atom stereocenters. The van der Waals surface area contributed by atoms with Gasteiger partial charge in [0.15, 0.2) is 12.4 Å². The number of aliphatic hydroxyl groups excluding tert-OH is 6. The minimum absolute atomic E-state index is 0.0275. The van der Waals surface area contributed by atoms with Crippen molar-refractivity contribution in [1.82, 2.24) is 0 Å². The van der Waals surface area contributed by atoms with Crippen LogP contribution in [0.3, 0.4) is 0 Å². The Morgan fingerprint density at radius 1 is 0.782 bits per heavy atom. The molecule has 0 radical (unpaired) electrons. The van der Waals surface area contributed by atoms with Gasteiger partial charge in [0.2, 0.25) is 12.1 Å². The fourth-order valence-corrected chi connectivity index (χ4v) is 13.5. The maximum absolute atomic E-state index is 14.0. The van der Waals surface area contributed by atoms with Crippen LogP contribution in [0.5, 0.6) is 0 Å². The van der Waals surface area contributed by atoms with Gasteiger partial charge in [0, 0.05) is 0 Å². The van der Waals surface area contributed by atoms with Crippen molar-refractivity contribution in [3.63, 3.8) is 0 Å². The molecule has 7 aliphatic rings. The molecule has 0 amide bonds.